The first-order chi connectivity index (χ1) is 11.2. The summed E-state index contributed by atoms with van der Waals surface area (Å²) in [6.45, 7) is 7.68. The molecule has 6 heteroatoms. The van der Waals surface area contributed by atoms with Crippen molar-refractivity contribution in [1.82, 2.24) is 0 Å². The fourth-order valence-electron chi connectivity index (χ4n) is 1.78. The number of benzene rings is 1. The Bertz CT molecular complexity index is 680. The Balaban J connectivity index is 2.21. The summed E-state index contributed by atoms with van der Waals surface area (Å²) >= 11 is 2.65. The highest BCUT2D eigenvalue weighted by Crippen LogP contribution is 2.33. The smallest absolute Gasteiger partial charge is 0.244 e. The van der Waals surface area contributed by atoms with Crippen molar-refractivity contribution in [3.05, 3.63) is 54.8 Å². The molecule has 0 saturated carbocycles. The van der Waals surface area contributed by atoms with Crippen molar-refractivity contribution in [2.75, 3.05) is 19.5 Å². The summed E-state index contributed by atoms with van der Waals surface area (Å²) in [5.41, 5.74) is 1.26. The van der Waals surface area contributed by atoms with Crippen LogP contribution in [0.15, 0.2) is 54.2 Å². The number of ether oxygens (including phenoxy) is 2. The number of hydrogen-bond donors (Lipinski definition) is 0. The van der Waals surface area contributed by atoms with Crippen molar-refractivity contribution in [3.8, 4) is 11.5 Å². The quantitative estimate of drug-likeness (QED) is 0.548. The van der Waals surface area contributed by atoms with Crippen molar-refractivity contribution in [3.63, 3.8) is 0 Å². The molecular formula is C17H17NO3S2. The summed E-state index contributed by atoms with van der Waals surface area (Å²) in [6, 6.07) is 5.47. The Labute approximate surface area is 144 Å². The van der Waals surface area contributed by atoms with Gasteiger partial charge in [-0.1, -0.05) is 36.6 Å². The normalized spacial score (nSPS) is 15.4. The van der Waals surface area contributed by atoms with Crippen LogP contribution in [0.5, 0.6) is 11.5 Å². The molecule has 0 radical (unpaired) electrons. The Hall–Kier alpha value is -1.92. The van der Waals surface area contributed by atoms with E-state index in [-0.39, 0.29) is 5.12 Å². The van der Waals surface area contributed by atoms with E-state index in [0.717, 1.165) is 27.5 Å². The van der Waals surface area contributed by atoms with Crippen molar-refractivity contribution in [2.24, 2.45) is 4.99 Å². The lowest BCUT2D eigenvalue weighted by molar-refractivity contribution is -0.107. The number of rotatable bonds is 7. The maximum Gasteiger partial charge on any atom is 0.244 e. The van der Waals surface area contributed by atoms with Crippen LogP contribution in [-0.4, -0.2) is 29.0 Å². The van der Waals surface area contributed by atoms with Crippen LogP contribution in [0.2, 0.25) is 0 Å². The molecular weight excluding hydrogens is 330 g/mol. The summed E-state index contributed by atoms with van der Waals surface area (Å²) in [6.07, 6.45) is 5.20. The molecule has 0 amide bonds. The Morgan fingerprint density at radius 3 is 2.83 bits per heavy atom. The molecule has 0 atom stereocenters. The van der Waals surface area contributed by atoms with Crippen LogP contribution in [0.25, 0.3) is 6.08 Å². The van der Waals surface area contributed by atoms with Gasteiger partial charge in [-0.2, -0.15) is 0 Å². The van der Waals surface area contributed by atoms with Crippen LogP contribution in [0.4, 0.5) is 0 Å². The van der Waals surface area contributed by atoms with Crippen molar-refractivity contribution < 1.29 is 14.3 Å². The third-order valence-corrected chi connectivity index (χ3v) is 4.78. The van der Waals surface area contributed by atoms with Crippen LogP contribution in [0, 0.1) is 0 Å². The van der Waals surface area contributed by atoms with Gasteiger partial charge < -0.3 is 9.47 Å². The zero-order valence-corrected chi connectivity index (χ0v) is 14.4. The van der Waals surface area contributed by atoms with Gasteiger partial charge in [-0.25, -0.2) is 4.99 Å². The lowest BCUT2D eigenvalue weighted by Gasteiger charge is -2.09. The third-order valence-electron chi connectivity index (χ3n) is 2.77. The SMILES string of the molecule is C=CCOc1ccc(C=C2N=C(SCC=C)SC2=O)cc1OC. The van der Waals surface area contributed by atoms with E-state index in [4.69, 9.17) is 9.47 Å². The van der Waals surface area contributed by atoms with Crippen LogP contribution in [-0.2, 0) is 4.79 Å². The third kappa shape index (κ3) is 4.77. The van der Waals surface area contributed by atoms with E-state index >= 15 is 0 Å². The van der Waals surface area contributed by atoms with E-state index in [1.54, 1.807) is 31.4 Å². The molecule has 0 saturated heterocycles. The van der Waals surface area contributed by atoms with Crippen molar-refractivity contribution >= 4 is 39.1 Å². The van der Waals surface area contributed by atoms with Crippen LogP contribution >= 0.6 is 23.5 Å². The standard InChI is InChI=1S/C17H17NO3S2/c1-4-8-21-14-7-6-12(11-15(14)20-3)10-13-16(19)23-17(18-13)22-9-5-2/h4-7,10-11H,1-2,8-9H2,3H3. The van der Waals surface area contributed by atoms with Gasteiger partial charge in [0.2, 0.25) is 5.12 Å². The zero-order chi connectivity index (χ0) is 16.7. The molecule has 23 heavy (non-hydrogen) atoms. The summed E-state index contributed by atoms with van der Waals surface area (Å²) in [5, 5.41) is -0.0532. The van der Waals surface area contributed by atoms with Gasteiger partial charge in [0.15, 0.2) is 11.5 Å². The molecule has 0 aliphatic carbocycles. The first-order valence-corrected chi connectivity index (χ1v) is 8.66. The molecule has 4 nitrogen and oxygen atoms in total. The number of thioether (sulfide) groups is 2. The van der Waals surface area contributed by atoms with Crippen LogP contribution in [0.3, 0.4) is 0 Å². The van der Waals surface area contributed by atoms with Gasteiger partial charge in [0, 0.05) is 5.75 Å². The van der Waals surface area contributed by atoms with E-state index < -0.39 is 0 Å². The molecule has 2 rings (SSSR count). The fraction of sp³-hybridized carbons (Fsp3) is 0.176. The number of carbonyl (C=O) groups is 1. The summed E-state index contributed by atoms with van der Waals surface area (Å²) in [4.78, 5) is 16.3. The minimum absolute atomic E-state index is 0.0532. The Morgan fingerprint density at radius 2 is 2.13 bits per heavy atom. The molecule has 0 N–H and O–H groups in total. The minimum Gasteiger partial charge on any atom is -0.493 e. The maximum atomic E-state index is 12.0. The van der Waals surface area contributed by atoms with Gasteiger partial charge in [0.1, 0.15) is 16.7 Å². The predicted octanol–water partition coefficient (Wildman–Crippen LogP) is 4.15. The zero-order valence-electron chi connectivity index (χ0n) is 12.8. The topological polar surface area (TPSA) is 47.9 Å². The average molecular weight is 347 g/mol. The molecule has 1 aliphatic rings. The summed E-state index contributed by atoms with van der Waals surface area (Å²) < 4.78 is 11.6. The lowest BCUT2D eigenvalue weighted by Crippen LogP contribution is -1.96. The van der Waals surface area contributed by atoms with Crippen LogP contribution < -0.4 is 9.47 Å². The molecule has 0 spiro atoms. The molecule has 0 aromatic heterocycles. The number of hydrogen-bond acceptors (Lipinski definition) is 6. The van der Waals surface area contributed by atoms with Gasteiger partial charge in [-0.05, 0) is 35.5 Å². The second-order valence-corrected chi connectivity index (χ2v) is 6.64. The number of aliphatic imine (C=N–C) groups is 1. The Morgan fingerprint density at radius 1 is 1.30 bits per heavy atom. The number of carbonyl (C=O) groups excluding carboxylic acids is 1. The molecule has 1 aromatic carbocycles. The summed E-state index contributed by atoms with van der Waals surface area (Å²) in [5.74, 6) is 1.96. The molecule has 1 aromatic rings. The largest absolute Gasteiger partial charge is 0.493 e. The van der Waals surface area contributed by atoms with E-state index in [0.29, 0.717) is 23.8 Å². The fourth-order valence-corrected chi connectivity index (χ4v) is 3.38. The molecule has 0 bridgehead atoms. The Kier molecular flexibility index (Phi) is 6.55. The first kappa shape index (κ1) is 17.4. The number of nitrogens with zero attached hydrogens (tertiary/aromatic N) is 1. The van der Waals surface area contributed by atoms with Gasteiger partial charge >= 0.3 is 0 Å². The van der Waals surface area contributed by atoms with E-state index in [1.807, 2.05) is 12.1 Å². The van der Waals surface area contributed by atoms with E-state index in [1.165, 1.54) is 11.8 Å². The van der Waals surface area contributed by atoms with E-state index in [2.05, 4.69) is 18.2 Å². The molecule has 120 valence electrons. The molecule has 0 unspecified atom stereocenters. The highest BCUT2D eigenvalue weighted by atomic mass is 32.2. The number of methoxy groups -OCH3 is 1. The van der Waals surface area contributed by atoms with E-state index in [9.17, 15) is 4.79 Å². The predicted molar refractivity (Wildman–Crippen MR) is 99.4 cm³/mol. The van der Waals surface area contributed by atoms with Gasteiger partial charge in [-0.15, -0.1) is 6.58 Å². The van der Waals surface area contributed by atoms with Crippen molar-refractivity contribution in [2.45, 2.75) is 0 Å². The van der Waals surface area contributed by atoms with Crippen LogP contribution in [0.1, 0.15) is 5.56 Å². The average Bonchev–Trinajstić information content (AvgIpc) is 2.91. The maximum absolute atomic E-state index is 12.0. The monoisotopic (exact) mass is 347 g/mol. The highest BCUT2D eigenvalue weighted by Gasteiger charge is 2.22. The molecule has 1 aliphatic heterocycles. The molecule has 0 fully saturated rings. The first-order valence-electron chi connectivity index (χ1n) is 6.86. The minimum atomic E-state index is -0.0532. The van der Waals surface area contributed by atoms with Gasteiger partial charge in [-0.3, -0.25) is 4.79 Å². The van der Waals surface area contributed by atoms with Gasteiger partial charge in [0.05, 0.1) is 7.11 Å². The summed E-state index contributed by atoms with van der Waals surface area (Å²) in [7, 11) is 1.58. The second-order valence-electron chi connectivity index (χ2n) is 4.41. The highest BCUT2D eigenvalue weighted by molar-refractivity contribution is 8.45. The van der Waals surface area contributed by atoms with Crippen molar-refractivity contribution in [1.29, 1.82) is 0 Å². The molecule has 1 heterocycles. The van der Waals surface area contributed by atoms with Gasteiger partial charge in [0.25, 0.3) is 0 Å². The lowest BCUT2D eigenvalue weighted by atomic mass is 10.1. The second kappa shape index (κ2) is 8.64.